The Morgan fingerprint density at radius 1 is 1.15 bits per heavy atom. The number of fused-ring (bicyclic) bond motifs is 5. The smallest absolute Gasteiger partial charge is 0.416 e. The van der Waals surface area contributed by atoms with Gasteiger partial charge in [-0.25, -0.2) is 4.98 Å². The van der Waals surface area contributed by atoms with Gasteiger partial charge in [0.1, 0.15) is 0 Å². The average Bonchev–Trinajstić information content (AvgIpc) is 3.25. The molecule has 0 radical (unpaired) electrons. The van der Waals surface area contributed by atoms with Crippen LogP contribution in [0.4, 0.5) is 32.0 Å². The predicted molar refractivity (Wildman–Crippen MR) is 104 cm³/mol. The number of hydrogen-bond acceptors (Lipinski definition) is 5. The first-order chi connectivity index (χ1) is 15.8. The second kappa shape index (κ2) is 7.08. The van der Waals surface area contributed by atoms with Gasteiger partial charge in [0.25, 0.3) is 0 Å². The van der Waals surface area contributed by atoms with Gasteiger partial charge >= 0.3 is 12.4 Å². The second-order valence-corrected chi connectivity index (χ2v) is 8.80. The maximum atomic E-state index is 13.4. The van der Waals surface area contributed by atoms with E-state index in [1.165, 1.54) is 13.3 Å². The van der Waals surface area contributed by atoms with E-state index in [0.717, 1.165) is 0 Å². The summed E-state index contributed by atoms with van der Waals surface area (Å²) in [5.41, 5.74) is -5.38. The number of aliphatic hydroxyl groups excluding tert-OH is 1. The number of hydrogen-bond donors (Lipinski definition) is 2. The first-order valence-electron chi connectivity index (χ1n) is 10.3. The van der Waals surface area contributed by atoms with Gasteiger partial charge in [0.05, 0.1) is 42.0 Å². The number of halogens is 6. The van der Waals surface area contributed by atoms with Gasteiger partial charge in [0.15, 0.2) is 0 Å². The quantitative estimate of drug-likeness (QED) is 0.638. The van der Waals surface area contributed by atoms with Crippen molar-refractivity contribution in [1.29, 1.82) is 0 Å². The highest BCUT2D eigenvalue weighted by Gasteiger charge is 2.87. The molecule has 1 amide bonds. The summed E-state index contributed by atoms with van der Waals surface area (Å²) in [4.78, 5) is 17.5. The molecule has 1 aromatic carbocycles. The Bertz CT molecular complexity index is 1140. The molecule has 5 rings (SSSR count). The van der Waals surface area contributed by atoms with Crippen molar-refractivity contribution in [3.8, 4) is 5.88 Å². The number of benzene rings is 1. The third kappa shape index (κ3) is 3.11. The van der Waals surface area contributed by atoms with Crippen LogP contribution in [0.2, 0.25) is 0 Å². The van der Waals surface area contributed by atoms with Crippen molar-refractivity contribution < 1.29 is 45.7 Å². The van der Waals surface area contributed by atoms with Crippen LogP contribution in [-0.4, -0.2) is 41.4 Å². The Kier molecular flexibility index (Phi) is 4.77. The molecule has 1 aliphatic carbocycles. The zero-order chi connectivity index (χ0) is 24.7. The zero-order valence-corrected chi connectivity index (χ0v) is 17.5. The van der Waals surface area contributed by atoms with E-state index in [1.54, 1.807) is 12.1 Å². The molecule has 3 aliphatic rings. The van der Waals surface area contributed by atoms with Crippen molar-refractivity contribution in [2.24, 2.45) is 5.41 Å². The molecule has 2 saturated heterocycles. The van der Waals surface area contributed by atoms with Gasteiger partial charge in [0.2, 0.25) is 11.8 Å². The molecule has 0 unspecified atom stereocenters. The maximum absolute atomic E-state index is 13.4. The van der Waals surface area contributed by atoms with Crippen molar-refractivity contribution in [2.75, 3.05) is 12.4 Å². The lowest BCUT2D eigenvalue weighted by atomic mass is 9.74. The molecule has 0 spiro atoms. The van der Waals surface area contributed by atoms with Gasteiger partial charge in [-0.1, -0.05) is 0 Å². The Morgan fingerprint density at radius 3 is 2.38 bits per heavy atom. The Morgan fingerprint density at radius 2 is 1.79 bits per heavy atom. The number of pyridine rings is 1. The first kappa shape index (κ1) is 22.9. The number of aromatic nitrogens is 1. The predicted octanol–water partition coefficient (Wildman–Crippen LogP) is 3.93. The molecular formula is C22H18F6N2O4. The highest BCUT2D eigenvalue weighted by atomic mass is 19.4. The van der Waals surface area contributed by atoms with Crippen LogP contribution in [0, 0.1) is 5.41 Å². The first-order valence-corrected chi connectivity index (χ1v) is 10.3. The minimum Gasteiger partial charge on any atom is -0.481 e. The molecule has 3 heterocycles. The number of carbonyl (C=O) groups is 1. The zero-order valence-electron chi connectivity index (χ0n) is 17.5. The summed E-state index contributed by atoms with van der Waals surface area (Å²) in [5.74, 6) is -0.520. The number of carbonyl (C=O) groups excluding carboxylic acids is 1. The van der Waals surface area contributed by atoms with Crippen LogP contribution in [0.5, 0.6) is 5.88 Å². The Balaban J connectivity index is 1.53. The molecule has 34 heavy (non-hydrogen) atoms. The summed E-state index contributed by atoms with van der Waals surface area (Å²) in [6.45, 7) is 0. The number of aliphatic hydroxyl groups is 1. The van der Waals surface area contributed by atoms with Crippen LogP contribution in [0.15, 0.2) is 36.5 Å². The minimum absolute atomic E-state index is 0.00436. The Hall–Kier alpha value is -2.86. The number of alkyl halides is 6. The van der Waals surface area contributed by atoms with Crippen molar-refractivity contribution in [1.82, 2.24) is 4.98 Å². The largest absolute Gasteiger partial charge is 0.481 e. The van der Waals surface area contributed by atoms with Gasteiger partial charge in [0, 0.05) is 29.8 Å². The number of methoxy groups -OCH3 is 1. The van der Waals surface area contributed by atoms with E-state index in [0.29, 0.717) is 17.7 Å². The topological polar surface area (TPSA) is 80.7 Å². The van der Waals surface area contributed by atoms with Crippen LogP contribution in [0.1, 0.15) is 29.5 Å². The molecule has 2 bridgehead atoms. The number of rotatable bonds is 4. The number of ether oxygens (including phenoxy) is 2. The lowest BCUT2D eigenvalue weighted by Gasteiger charge is -2.29. The van der Waals surface area contributed by atoms with Crippen LogP contribution >= 0.6 is 0 Å². The molecule has 6 nitrogen and oxygen atoms in total. The molecular weight excluding hydrogens is 470 g/mol. The normalized spacial score (nSPS) is 31.8. The third-order valence-electron chi connectivity index (χ3n) is 7.09. The van der Waals surface area contributed by atoms with E-state index >= 15 is 0 Å². The molecule has 5 atom stereocenters. The standard InChI is InChI=1S/C22H18F6N2O4/c1-33-16-7-10(2-3-29-16)19-9-20(19,15-8-14(31)17(19)34-15)18(32)30-13-5-11(21(23,24)25)4-12(6-13)22(26,27)28/h2-7,14-15,17,31H,8-9H2,1H3,(H,30,32)/t14-,15+,17-,19+,20+/m0/s1. The van der Waals surface area contributed by atoms with E-state index in [4.69, 9.17) is 9.47 Å². The SMILES string of the molecule is COc1cc([C@@]23C[C@]2(C(=O)Nc2cc(C(F)(F)F)cc(C(F)(F)F)c2)[C@H]2C[C@H](O)[C@@H]3O2)ccn1. The molecule has 2 aromatic rings. The number of nitrogens with zero attached hydrogens (tertiary/aromatic N) is 1. The summed E-state index contributed by atoms with van der Waals surface area (Å²) in [7, 11) is 1.40. The fourth-order valence-electron chi connectivity index (χ4n) is 5.60. The van der Waals surface area contributed by atoms with E-state index in [9.17, 15) is 36.2 Å². The fraction of sp³-hybridized carbons (Fsp3) is 0.455. The van der Waals surface area contributed by atoms with Gasteiger partial charge in [-0.15, -0.1) is 0 Å². The average molecular weight is 488 g/mol. The summed E-state index contributed by atoms with van der Waals surface area (Å²) in [5, 5.41) is 12.7. The minimum atomic E-state index is -5.05. The van der Waals surface area contributed by atoms with Crippen molar-refractivity contribution in [3.05, 3.63) is 53.2 Å². The van der Waals surface area contributed by atoms with E-state index in [1.807, 2.05) is 0 Å². The van der Waals surface area contributed by atoms with Gasteiger partial charge in [-0.2, -0.15) is 26.3 Å². The Labute approximate surface area is 188 Å². The van der Waals surface area contributed by atoms with Crippen molar-refractivity contribution in [3.63, 3.8) is 0 Å². The van der Waals surface area contributed by atoms with Gasteiger partial charge in [-0.05, 0) is 36.2 Å². The third-order valence-corrected chi connectivity index (χ3v) is 7.09. The number of amides is 1. The monoisotopic (exact) mass is 488 g/mol. The summed E-state index contributed by atoms with van der Waals surface area (Å²) >= 11 is 0. The van der Waals surface area contributed by atoms with Gasteiger partial charge < -0.3 is 19.9 Å². The fourth-order valence-corrected chi connectivity index (χ4v) is 5.60. The molecule has 2 aliphatic heterocycles. The van der Waals surface area contributed by atoms with Crippen LogP contribution < -0.4 is 10.1 Å². The number of nitrogens with one attached hydrogen (secondary N) is 1. The van der Waals surface area contributed by atoms with Gasteiger partial charge in [-0.3, -0.25) is 4.79 Å². The van der Waals surface area contributed by atoms with Crippen LogP contribution in [0.3, 0.4) is 0 Å². The lowest BCUT2D eigenvalue weighted by Crippen LogP contribution is -2.44. The summed E-state index contributed by atoms with van der Waals surface area (Å²) in [6, 6.07) is 4.13. The lowest BCUT2D eigenvalue weighted by molar-refractivity contribution is -0.143. The van der Waals surface area contributed by atoms with Crippen molar-refractivity contribution >= 4 is 11.6 Å². The van der Waals surface area contributed by atoms with Crippen LogP contribution in [-0.2, 0) is 27.3 Å². The molecule has 1 aromatic heterocycles. The highest BCUT2D eigenvalue weighted by Crippen LogP contribution is 2.77. The molecule has 182 valence electrons. The van der Waals surface area contributed by atoms with E-state index in [-0.39, 0.29) is 24.8 Å². The van der Waals surface area contributed by atoms with Crippen LogP contribution in [0.25, 0.3) is 0 Å². The summed E-state index contributed by atoms with van der Waals surface area (Å²) in [6.07, 6.45) is -10.7. The summed E-state index contributed by atoms with van der Waals surface area (Å²) < 4.78 is 90.4. The molecule has 1 saturated carbocycles. The van der Waals surface area contributed by atoms with Crippen molar-refractivity contribution in [2.45, 2.75) is 48.9 Å². The molecule has 2 N–H and O–H groups in total. The number of anilines is 1. The van der Waals surface area contributed by atoms with E-state index in [2.05, 4.69) is 10.3 Å². The molecule has 3 fully saturated rings. The second-order valence-electron chi connectivity index (χ2n) is 8.80. The maximum Gasteiger partial charge on any atom is 0.416 e. The highest BCUT2D eigenvalue weighted by molar-refractivity contribution is 6.01. The van der Waals surface area contributed by atoms with E-state index < -0.39 is 64.2 Å². The molecule has 12 heteroatoms.